The van der Waals surface area contributed by atoms with Crippen molar-refractivity contribution in [1.29, 1.82) is 5.26 Å². The zero-order chi connectivity index (χ0) is 13.0. The molecular formula is C10H7BrN2O4. The number of carbonyl (C=O) groups is 1. The molecule has 0 aliphatic heterocycles. The Bertz CT molecular complexity index is 522. The quantitative estimate of drug-likeness (QED) is 0.485. The summed E-state index contributed by atoms with van der Waals surface area (Å²) in [5.41, 5.74) is -0.340. The monoisotopic (exact) mass is 298 g/mol. The molecule has 0 saturated carbocycles. The third-order valence-electron chi connectivity index (χ3n) is 1.88. The number of halogens is 1. The standard InChI is InChI=1S/C10H7BrN2O4/c1-2-17-10(14)8-4-7(13(15)16)3-6(5-12)9(8)11/h3-4H,2H2,1H3. The van der Waals surface area contributed by atoms with Crippen molar-refractivity contribution in [1.82, 2.24) is 0 Å². The van der Waals surface area contributed by atoms with E-state index in [2.05, 4.69) is 15.9 Å². The van der Waals surface area contributed by atoms with Crippen LogP contribution in [0.3, 0.4) is 0 Å². The van der Waals surface area contributed by atoms with Gasteiger partial charge in [0, 0.05) is 12.1 Å². The second-order valence-corrected chi connectivity index (χ2v) is 3.74. The Morgan fingerprint density at radius 3 is 2.76 bits per heavy atom. The molecule has 88 valence electrons. The summed E-state index contributed by atoms with van der Waals surface area (Å²) in [6.45, 7) is 1.77. The second-order valence-electron chi connectivity index (χ2n) is 2.94. The van der Waals surface area contributed by atoms with Crippen LogP contribution < -0.4 is 0 Å². The largest absolute Gasteiger partial charge is 0.462 e. The highest BCUT2D eigenvalue weighted by Gasteiger charge is 2.20. The number of ether oxygens (including phenoxy) is 1. The van der Waals surface area contributed by atoms with E-state index in [1.54, 1.807) is 13.0 Å². The first kappa shape index (κ1) is 13.1. The molecule has 0 atom stereocenters. The number of non-ortho nitro benzene ring substituents is 1. The molecule has 7 heteroatoms. The molecule has 1 aromatic rings. The molecule has 0 radical (unpaired) electrons. The SMILES string of the molecule is CCOC(=O)c1cc([N+](=O)[O-])cc(C#N)c1Br. The van der Waals surface area contributed by atoms with Gasteiger partial charge in [0.15, 0.2) is 0 Å². The van der Waals surface area contributed by atoms with E-state index in [4.69, 9.17) is 10.00 Å². The first-order valence-electron chi connectivity index (χ1n) is 4.56. The molecule has 6 nitrogen and oxygen atoms in total. The smallest absolute Gasteiger partial charge is 0.339 e. The summed E-state index contributed by atoms with van der Waals surface area (Å²) in [7, 11) is 0. The Morgan fingerprint density at radius 2 is 2.29 bits per heavy atom. The van der Waals surface area contributed by atoms with E-state index >= 15 is 0 Å². The normalized spacial score (nSPS) is 9.47. The van der Waals surface area contributed by atoms with E-state index in [9.17, 15) is 14.9 Å². The van der Waals surface area contributed by atoms with Crippen molar-refractivity contribution in [3.63, 3.8) is 0 Å². The molecule has 0 heterocycles. The lowest BCUT2D eigenvalue weighted by atomic mass is 10.1. The van der Waals surface area contributed by atoms with Crippen LogP contribution in [0, 0.1) is 21.4 Å². The van der Waals surface area contributed by atoms with E-state index < -0.39 is 10.9 Å². The van der Waals surface area contributed by atoms with Gasteiger partial charge in [-0.15, -0.1) is 0 Å². The van der Waals surface area contributed by atoms with Crippen LogP contribution >= 0.6 is 15.9 Å². The molecule has 0 unspecified atom stereocenters. The van der Waals surface area contributed by atoms with Crippen molar-refractivity contribution in [2.24, 2.45) is 0 Å². The molecule has 1 rings (SSSR count). The highest BCUT2D eigenvalue weighted by Crippen LogP contribution is 2.27. The zero-order valence-corrected chi connectivity index (χ0v) is 10.4. The van der Waals surface area contributed by atoms with Crippen LogP contribution in [0.15, 0.2) is 16.6 Å². The van der Waals surface area contributed by atoms with Crippen LogP contribution in [0.5, 0.6) is 0 Å². The van der Waals surface area contributed by atoms with E-state index in [0.717, 1.165) is 12.1 Å². The predicted molar refractivity (Wildman–Crippen MR) is 61.5 cm³/mol. The van der Waals surface area contributed by atoms with Crippen molar-refractivity contribution in [3.05, 3.63) is 37.8 Å². The molecule has 0 bridgehead atoms. The number of carbonyl (C=O) groups excluding carboxylic acids is 1. The van der Waals surface area contributed by atoms with Gasteiger partial charge in [0.25, 0.3) is 5.69 Å². The Kier molecular flexibility index (Phi) is 4.17. The number of rotatable bonds is 3. The van der Waals surface area contributed by atoms with Gasteiger partial charge in [0.2, 0.25) is 0 Å². The Balaban J connectivity index is 3.38. The summed E-state index contributed by atoms with van der Waals surface area (Å²) in [4.78, 5) is 21.5. The number of benzene rings is 1. The lowest BCUT2D eigenvalue weighted by molar-refractivity contribution is -0.384. The first-order chi connectivity index (χ1) is 8.01. The Hall–Kier alpha value is -1.94. The highest BCUT2D eigenvalue weighted by atomic mass is 79.9. The third kappa shape index (κ3) is 2.79. The fourth-order valence-electron chi connectivity index (χ4n) is 1.15. The molecule has 0 aromatic heterocycles. The minimum atomic E-state index is -0.709. The number of hydrogen-bond donors (Lipinski definition) is 0. The number of hydrogen-bond acceptors (Lipinski definition) is 5. The minimum absolute atomic E-state index is 0.0160. The number of nitro benzene ring substituents is 1. The Morgan fingerprint density at radius 1 is 1.65 bits per heavy atom. The van der Waals surface area contributed by atoms with Gasteiger partial charge >= 0.3 is 5.97 Å². The summed E-state index contributed by atoms with van der Waals surface area (Å²) < 4.78 is 4.94. The van der Waals surface area contributed by atoms with Crippen LogP contribution in [-0.2, 0) is 4.74 Å². The molecule has 0 N–H and O–H groups in total. The molecule has 1 aromatic carbocycles. The number of nitro groups is 1. The fourth-order valence-corrected chi connectivity index (χ4v) is 1.63. The molecule has 0 aliphatic carbocycles. The van der Waals surface area contributed by atoms with Gasteiger partial charge in [0.05, 0.1) is 27.1 Å². The number of nitrogens with zero attached hydrogens (tertiary/aromatic N) is 2. The maximum Gasteiger partial charge on any atom is 0.339 e. The van der Waals surface area contributed by atoms with Crippen molar-refractivity contribution in [2.75, 3.05) is 6.61 Å². The summed E-state index contributed by atoms with van der Waals surface area (Å²) in [5, 5.41) is 19.4. The Labute approximate surface area is 105 Å². The van der Waals surface area contributed by atoms with E-state index in [0.29, 0.717) is 0 Å². The lowest BCUT2D eigenvalue weighted by Gasteiger charge is -2.05. The summed E-state index contributed by atoms with van der Waals surface area (Å²) >= 11 is 3.05. The van der Waals surface area contributed by atoms with Gasteiger partial charge in [-0.25, -0.2) is 4.79 Å². The molecule has 0 amide bonds. The first-order valence-corrected chi connectivity index (χ1v) is 5.35. The minimum Gasteiger partial charge on any atom is -0.462 e. The van der Waals surface area contributed by atoms with Crippen LogP contribution in [-0.4, -0.2) is 17.5 Å². The molecule has 0 spiro atoms. The summed E-state index contributed by atoms with van der Waals surface area (Å²) in [6, 6.07) is 3.93. The fraction of sp³-hybridized carbons (Fsp3) is 0.200. The van der Waals surface area contributed by atoms with Gasteiger partial charge < -0.3 is 4.74 Å². The molecule has 0 fully saturated rings. The van der Waals surface area contributed by atoms with Gasteiger partial charge in [-0.1, -0.05) is 0 Å². The topological polar surface area (TPSA) is 93.2 Å². The van der Waals surface area contributed by atoms with Crippen molar-refractivity contribution < 1.29 is 14.5 Å². The number of esters is 1. The lowest BCUT2D eigenvalue weighted by Crippen LogP contribution is -2.07. The van der Waals surface area contributed by atoms with E-state index in [1.807, 2.05) is 0 Å². The average Bonchev–Trinajstić information content (AvgIpc) is 2.29. The predicted octanol–water partition coefficient (Wildman–Crippen LogP) is 2.41. The van der Waals surface area contributed by atoms with Crippen LogP contribution in [0.25, 0.3) is 0 Å². The van der Waals surface area contributed by atoms with Crippen molar-refractivity contribution in [2.45, 2.75) is 6.92 Å². The summed E-state index contributed by atoms with van der Waals surface area (Å²) in [6.07, 6.45) is 0. The van der Waals surface area contributed by atoms with E-state index in [-0.39, 0.29) is 27.9 Å². The average molecular weight is 299 g/mol. The van der Waals surface area contributed by atoms with E-state index in [1.165, 1.54) is 0 Å². The molecule has 0 saturated heterocycles. The molecule has 17 heavy (non-hydrogen) atoms. The maximum atomic E-state index is 11.5. The number of nitriles is 1. The van der Waals surface area contributed by atoms with Gasteiger partial charge in [-0.05, 0) is 22.9 Å². The van der Waals surface area contributed by atoms with Crippen molar-refractivity contribution >= 4 is 27.6 Å². The molecule has 0 aliphatic rings. The second kappa shape index (κ2) is 5.41. The third-order valence-corrected chi connectivity index (χ3v) is 2.74. The van der Waals surface area contributed by atoms with Crippen LogP contribution in [0.1, 0.15) is 22.8 Å². The van der Waals surface area contributed by atoms with Gasteiger partial charge in [-0.3, -0.25) is 10.1 Å². The zero-order valence-electron chi connectivity index (χ0n) is 8.77. The van der Waals surface area contributed by atoms with Crippen LogP contribution in [0.2, 0.25) is 0 Å². The van der Waals surface area contributed by atoms with Gasteiger partial charge in [-0.2, -0.15) is 5.26 Å². The molecular weight excluding hydrogens is 292 g/mol. The summed E-state index contributed by atoms with van der Waals surface area (Å²) in [5.74, 6) is -0.709. The van der Waals surface area contributed by atoms with Crippen molar-refractivity contribution in [3.8, 4) is 6.07 Å². The highest BCUT2D eigenvalue weighted by molar-refractivity contribution is 9.10. The maximum absolute atomic E-state index is 11.5. The van der Waals surface area contributed by atoms with Crippen LogP contribution in [0.4, 0.5) is 5.69 Å². The van der Waals surface area contributed by atoms with Gasteiger partial charge in [0.1, 0.15) is 6.07 Å².